The van der Waals surface area contributed by atoms with E-state index in [0.717, 1.165) is 32.4 Å². The predicted octanol–water partition coefficient (Wildman–Crippen LogP) is 0.912. The molecular formula is C14H27N3O. The average Bonchev–Trinajstić information content (AvgIpc) is 2.82. The Morgan fingerprint density at radius 3 is 2.39 bits per heavy atom. The van der Waals surface area contributed by atoms with Crippen molar-refractivity contribution in [2.24, 2.45) is 17.6 Å². The monoisotopic (exact) mass is 253 g/mol. The highest BCUT2D eigenvalue weighted by molar-refractivity contribution is 5.79. The zero-order valence-corrected chi connectivity index (χ0v) is 11.9. The molecule has 0 spiro atoms. The maximum absolute atomic E-state index is 12.6. The molecule has 2 fully saturated rings. The quantitative estimate of drug-likeness (QED) is 0.796. The number of nitrogens with zero attached hydrogens (tertiary/aromatic N) is 2. The van der Waals surface area contributed by atoms with E-state index in [1.807, 2.05) is 0 Å². The van der Waals surface area contributed by atoms with Gasteiger partial charge in [-0.25, -0.2) is 0 Å². The number of carbonyl (C=O) groups is 1. The number of carbonyl (C=O) groups excluding carboxylic acids is 1. The lowest BCUT2D eigenvalue weighted by Crippen LogP contribution is -2.57. The van der Waals surface area contributed by atoms with Gasteiger partial charge in [0.1, 0.15) is 0 Å². The van der Waals surface area contributed by atoms with Crippen molar-refractivity contribution < 1.29 is 4.79 Å². The molecule has 4 unspecified atom stereocenters. The van der Waals surface area contributed by atoms with Gasteiger partial charge in [-0.3, -0.25) is 9.69 Å². The lowest BCUT2D eigenvalue weighted by molar-refractivity contribution is -0.140. The lowest BCUT2D eigenvalue weighted by atomic mass is 9.93. The van der Waals surface area contributed by atoms with Gasteiger partial charge in [0.05, 0.1) is 0 Å². The van der Waals surface area contributed by atoms with Crippen molar-refractivity contribution in [2.45, 2.75) is 45.2 Å². The molecule has 0 aromatic rings. The Balaban J connectivity index is 2.01. The van der Waals surface area contributed by atoms with Crippen LogP contribution >= 0.6 is 0 Å². The third-order valence-electron chi connectivity index (χ3n) is 4.95. The summed E-state index contributed by atoms with van der Waals surface area (Å²) in [6.45, 7) is 6.80. The molecule has 2 rings (SSSR count). The lowest BCUT2D eigenvalue weighted by Gasteiger charge is -2.43. The molecule has 1 aliphatic heterocycles. The summed E-state index contributed by atoms with van der Waals surface area (Å²) in [5.41, 5.74) is 5.79. The fourth-order valence-electron chi connectivity index (χ4n) is 3.46. The maximum Gasteiger partial charge on any atom is 0.226 e. The molecule has 104 valence electrons. The third-order valence-corrected chi connectivity index (χ3v) is 4.95. The summed E-state index contributed by atoms with van der Waals surface area (Å²) >= 11 is 0. The highest BCUT2D eigenvalue weighted by Gasteiger charge is 2.37. The van der Waals surface area contributed by atoms with Gasteiger partial charge in [-0.1, -0.05) is 6.42 Å². The SMILES string of the molecule is CC1CN(C(=O)C2CCCC2CN)CC(C)N1C. The number of likely N-dealkylation sites (N-methyl/N-ethyl adjacent to an activating group) is 1. The Morgan fingerprint density at radius 2 is 1.83 bits per heavy atom. The molecule has 0 radical (unpaired) electrons. The molecule has 4 nitrogen and oxygen atoms in total. The minimum Gasteiger partial charge on any atom is -0.339 e. The number of piperazine rings is 1. The van der Waals surface area contributed by atoms with Gasteiger partial charge in [-0.05, 0) is 46.2 Å². The Bertz CT molecular complexity index is 295. The highest BCUT2D eigenvalue weighted by atomic mass is 16.2. The number of hydrogen-bond acceptors (Lipinski definition) is 3. The van der Waals surface area contributed by atoms with E-state index in [9.17, 15) is 4.79 Å². The van der Waals surface area contributed by atoms with Crippen molar-refractivity contribution in [3.8, 4) is 0 Å². The second-order valence-corrected chi connectivity index (χ2v) is 6.14. The fraction of sp³-hybridized carbons (Fsp3) is 0.929. The summed E-state index contributed by atoms with van der Waals surface area (Å²) in [7, 11) is 2.15. The van der Waals surface area contributed by atoms with Gasteiger partial charge in [0.15, 0.2) is 0 Å². The smallest absolute Gasteiger partial charge is 0.226 e. The van der Waals surface area contributed by atoms with Crippen LogP contribution in [0.25, 0.3) is 0 Å². The molecular weight excluding hydrogens is 226 g/mol. The van der Waals surface area contributed by atoms with Crippen molar-refractivity contribution in [1.29, 1.82) is 0 Å². The van der Waals surface area contributed by atoms with Gasteiger partial charge >= 0.3 is 0 Å². The molecule has 2 aliphatic rings. The third kappa shape index (κ3) is 2.54. The summed E-state index contributed by atoms with van der Waals surface area (Å²) in [6, 6.07) is 0.908. The van der Waals surface area contributed by atoms with Gasteiger partial charge < -0.3 is 10.6 Å². The molecule has 0 aromatic heterocycles. The minimum atomic E-state index is 0.192. The first kappa shape index (κ1) is 13.8. The van der Waals surface area contributed by atoms with Gasteiger partial charge in [-0.15, -0.1) is 0 Å². The van der Waals surface area contributed by atoms with E-state index in [-0.39, 0.29) is 5.92 Å². The van der Waals surface area contributed by atoms with Crippen LogP contribution in [0.3, 0.4) is 0 Å². The molecule has 2 N–H and O–H groups in total. The number of amides is 1. The van der Waals surface area contributed by atoms with Crippen molar-refractivity contribution >= 4 is 5.91 Å². The molecule has 0 bridgehead atoms. The van der Waals surface area contributed by atoms with Crippen LogP contribution in [-0.2, 0) is 4.79 Å². The zero-order chi connectivity index (χ0) is 13.3. The molecule has 1 saturated carbocycles. The normalized spacial score (nSPS) is 38.1. The summed E-state index contributed by atoms with van der Waals surface area (Å²) in [5.74, 6) is 0.968. The zero-order valence-electron chi connectivity index (χ0n) is 11.9. The van der Waals surface area contributed by atoms with Crippen molar-refractivity contribution in [1.82, 2.24) is 9.80 Å². The summed E-state index contributed by atoms with van der Waals surface area (Å²) < 4.78 is 0. The van der Waals surface area contributed by atoms with Crippen LogP contribution < -0.4 is 5.73 Å². The van der Waals surface area contributed by atoms with E-state index in [4.69, 9.17) is 5.73 Å². The Labute approximate surface area is 110 Å². The van der Waals surface area contributed by atoms with E-state index >= 15 is 0 Å². The molecule has 4 atom stereocenters. The van der Waals surface area contributed by atoms with Gasteiger partial charge in [0, 0.05) is 31.1 Å². The van der Waals surface area contributed by atoms with Crippen molar-refractivity contribution in [3.63, 3.8) is 0 Å². The minimum absolute atomic E-state index is 0.192. The average molecular weight is 253 g/mol. The molecule has 1 aliphatic carbocycles. The van der Waals surface area contributed by atoms with Crippen molar-refractivity contribution in [2.75, 3.05) is 26.7 Å². The molecule has 18 heavy (non-hydrogen) atoms. The first-order valence-electron chi connectivity index (χ1n) is 7.25. The summed E-state index contributed by atoms with van der Waals surface area (Å²) in [6.07, 6.45) is 3.33. The van der Waals surface area contributed by atoms with Crippen LogP contribution in [0.2, 0.25) is 0 Å². The highest BCUT2D eigenvalue weighted by Crippen LogP contribution is 2.33. The number of hydrogen-bond donors (Lipinski definition) is 1. The second-order valence-electron chi connectivity index (χ2n) is 6.14. The van der Waals surface area contributed by atoms with E-state index in [1.54, 1.807) is 0 Å². The Kier molecular flexibility index (Phi) is 4.28. The van der Waals surface area contributed by atoms with E-state index < -0.39 is 0 Å². The van der Waals surface area contributed by atoms with Crippen LogP contribution in [0.15, 0.2) is 0 Å². The molecule has 4 heteroatoms. The summed E-state index contributed by atoms with van der Waals surface area (Å²) in [5, 5.41) is 0. The van der Waals surface area contributed by atoms with E-state index in [0.29, 0.717) is 30.5 Å². The Morgan fingerprint density at radius 1 is 1.22 bits per heavy atom. The molecule has 0 aromatic carbocycles. The summed E-state index contributed by atoms with van der Waals surface area (Å²) in [4.78, 5) is 17.1. The largest absolute Gasteiger partial charge is 0.339 e. The van der Waals surface area contributed by atoms with Gasteiger partial charge in [-0.2, -0.15) is 0 Å². The standard InChI is InChI=1S/C14H27N3O/c1-10-8-17(9-11(2)16(10)3)14(18)13-6-4-5-12(13)7-15/h10-13H,4-9,15H2,1-3H3. The predicted molar refractivity (Wildman–Crippen MR) is 73.2 cm³/mol. The maximum atomic E-state index is 12.6. The van der Waals surface area contributed by atoms with E-state index in [1.165, 1.54) is 0 Å². The molecule has 1 amide bonds. The van der Waals surface area contributed by atoms with Crippen LogP contribution in [0.1, 0.15) is 33.1 Å². The molecule has 1 heterocycles. The van der Waals surface area contributed by atoms with Gasteiger partial charge in [0.2, 0.25) is 5.91 Å². The van der Waals surface area contributed by atoms with Crippen LogP contribution in [0.5, 0.6) is 0 Å². The van der Waals surface area contributed by atoms with Crippen molar-refractivity contribution in [3.05, 3.63) is 0 Å². The molecule has 1 saturated heterocycles. The second kappa shape index (κ2) is 5.57. The number of rotatable bonds is 2. The van der Waals surface area contributed by atoms with Crippen LogP contribution in [0, 0.1) is 11.8 Å². The van der Waals surface area contributed by atoms with Crippen LogP contribution in [0.4, 0.5) is 0 Å². The number of nitrogens with two attached hydrogens (primary N) is 1. The fourth-order valence-corrected chi connectivity index (χ4v) is 3.46. The topological polar surface area (TPSA) is 49.6 Å². The van der Waals surface area contributed by atoms with Crippen LogP contribution in [-0.4, -0.2) is 54.5 Å². The first-order chi connectivity index (χ1) is 8.54. The van der Waals surface area contributed by atoms with Gasteiger partial charge in [0.25, 0.3) is 0 Å². The Hall–Kier alpha value is -0.610. The van der Waals surface area contributed by atoms with E-state index in [2.05, 4.69) is 30.7 Å². The first-order valence-corrected chi connectivity index (χ1v) is 7.25.